The molecule has 1 nitrogen and oxygen atoms in total. The summed E-state index contributed by atoms with van der Waals surface area (Å²) >= 11 is 1.78. The highest BCUT2D eigenvalue weighted by molar-refractivity contribution is 7.21. The van der Waals surface area contributed by atoms with Gasteiger partial charge in [0.15, 0.2) is 0 Å². The minimum Gasteiger partial charge on any atom is -0.237 e. The van der Waals surface area contributed by atoms with Crippen LogP contribution < -0.4 is 0 Å². The molecule has 2 heterocycles. The highest BCUT2D eigenvalue weighted by atomic mass is 32.1. The lowest BCUT2D eigenvalue weighted by Gasteiger charge is -2.20. The van der Waals surface area contributed by atoms with E-state index in [0.29, 0.717) is 0 Å². The molecule has 0 amide bonds. The predicted octanol–water partition coefficient (Wildman–Crippen LogP) is 7.85. The number of fused-ring (bicyclic) bond motifs is 1. The van der Waals surface area contributed by atoms with Crippen LogP contribution in [0.25, 0.3) is 31.9 Å². The number of aromatic nitrogens is 1. The van der Waals surface area contributed by atoms with Gasteiger partial charge in [0.05, 0.1) is 5.69 Å². The van der Waals surface area contributed by atoms with Gasteiger partial charge in [0.25, 0.3) is 0 Å². The molecule has 0 saturated carbocycles. The molecule has 142 valence electrons. The van der Waals surface area contributed by atoms with Crippen molar-refractivity contribution in [1.29, 1.82) is 0 Å². The molecular formula is C26H27NS. The van der Waals surface area contributed by atoms with Crippen molar-refractivity contribution < 1.29 is 0 Å². The van der Waals surface area contributed by atoms with E-state index in [1.54, 1.807) is 11.3 Å². The normalized spacial score (nSPS) is 11.9. The fourth-order valence-electron chi connectivity index (χ4n) is 3.70. The van der Waals surface area contributed by atoms with Crippen molar-refractivity contribution in [3.63, 3.8) is 0 Å². The number of hydrogen-bond donors (Lipinski definition) is 0. The first-order valence-corrected chi connectivity index (χ1v) is 10.6. The standard InChI is InChI=1S/C26H27NS/c1-16-9-17(2)12-21(11-16)24-15-19-7-8-23(27-25(19)28-24)20-10-18(3)13-22(14-20)26(4,5)6/h7-15H,1-6H3. The first kappa shape index (κ1) is 18.9. The zero-order valence-corrected chi connectivity index (χ0v) is 18.4. The second-order valence-electron chi connectivity index (χ2n) is 8.92. The smallest absolute Gasteiger partial charge is 0.124 e. The summed E-state index contributed by atoms with van der Waals surface area (Å²) in [4.78, 5) is 7.40. The van der Waals surface area contributed by atoms with Gasteiger partial charge in [-0.05, 0) is 67.6 Å². The zero-order valence-electron chi connectivity index (χ0n) is 17.6. The molecule has 0 saturated heterocycles. The highest BCUT2D eigenvalue weighted by Crippen LogP contribution is 2.35. The van der Waals surface area contributed by atoms with E-state index < -0.39 is 0 Å². The lowest BCUT2D eigenvalue weighted by Crippen LogP contribution is -2.11. The molecule has 0 N–H and O–H groups in total. The van der Waals surface area contributed by atoms with Gasteiger partial charge in [-0.2, -0.15) is 0 Å². The number of aryl methyl sites for hydroxylation is 3. The Bertz CT molecular complexity index is 1150. The van der Waals surface area contributed by atoms with Crippen LogP contribution >= 0.6 is 11.3 Å². The molecule has 0 aliphatic heterocycles. The second kappa shape index (κ2) is 6.86. The maximum Gasteiger partial charge on any atom is 0.124 e. The van der Waals surface area contributed by atoms with Gasteiger partial charge in [-0.1, -0.05) is 61.7 Å². The van der Waals surface area contributed by atoms with Gasteiger partial charge in [0.2, 0.25) is 0 Å². The molecule has 0 aliphatic carbocycles. The molecule has 0 unspecified atom stereocenters. The Hall–Kier alpha value is -2.45. The number of hydrogen-bond acceptors (Lipinski definition) is 2. The Balaban J connectivity index is 1.80. The molecule has 2 heteroatoms. The van der Waals surface area contributed by atoms with E-state index in [-0.39, 0.29) is 5.41 Å². The number of rotatable bonds is 2. The van der Waals surface area contributed by atoms with Gasteiger partial charge in [-0.25, -0.2) is 4.98 Å². The summed E-state index contributed by atoms with van der Waals surface area (Å²) in [6, 6.07) is 20.2. The number of nitrogens with zero attached hydrogens (tertiary/aromatic N) is 1. The molecule has 2 aromatic heterocycles. The third-order valence-electron chi connectivity index (χ3n) is 5.13. The van der Waals surface area contributed by atoms with Crippen LogP contribution in [0.5, 0.6) is 0 Å². The van der Waals surface area contributed by atoms with E-state index in [2.05, 4.69) is 96.1 Å². The first-order valence-electron chi connectivity index (χ1n) is 9.81. The van der Waals surface area contributed by atoms with Crippen LogP contribution in [0.15, 0.2) is 54.6 Å². The van der Waals surface area contributed by atoms with Crippen molar-refractivity contribution in [2.45, 2.75) is 47.0 Å². The predicted molar refractivity (Wildman–Crippen MR) is 123 cm³/mol. The van der Waals surface area contributed by atoms with Crippen molar-refractivity contribution in [2.24, 2.45) is 0 Å². The molecule has 0 spiro atoms. The molecule has 2 aromatic carbocycles. The fraction of sp³-hybridized carbons (Fsp3) is 0.269. The fourth-order valence-corrected chi connectivity index (χ4v) is 4.72. The third kappa shape index (κ3) is 3.74. The average molecular weight is 386 g/mol. The minimum absolute atomic E-state index is 0.129. The SMILES string of the molecule is Cc1cc(C)cc(-c2cc3ccc(-c4cc(C)cc(C(C)(C)C)c4)nc3s2)c1. The Morgan fingerprint density at radius 2 is 1.36 bits per heavy atom. The van der Waals surface area contributed by atoms with E-state index in [4.69, 9.17) is 4.98 Å². The summed E-state index contributed by atoms with van der Waals surface area (Å²) < 4.78 is 0. The van der Waals surface area contributed by atoms with Crippen LogP contribution in [-0.2, 0) is 5.41 Å². The second-order valence-corrected chi connectivity index (χ2v) is 9.95. The number of thiophene rings is 1. The number of benzene rings is 2. The summed E-state index contributed by atoms with van der Waals surface area (Å²) in [7, 11) is 0. The molecular weight excluding hydrogens is 358 g/mol. The topological polar surface area (TPSA) is 12.9 Å². The molecule has 4 aromatic rings. The quantitative estimate of drug-likeness (QED) is 0.342. The van der Waals surface area contributed by atoms with Crippen LogP contribution in [0, 0.1) is 20.8 Å². The monoisotopic (exact) mass is 385 g/mol. The minimum atomic E-state index is 0.129. The lowest BCUT2D eigenvalue weighted by molar-refractivity contribution is 0.590. The van der Waals surface area contributed by atoms with Gasteiger partial charge in [-0.15, -0.1) is 11.3 Å². The average Bonchev–Trinajstić information content (AvgIpc) is 3.03. The van der Waals surface area contributed by atoms with Crippen molar-refractivity contribution in [3.05, 3.63) is 76.9 Å². The van der Waals surface area contributed by atoms with Crippen molar-refractivity contribution in [3.8, 4) is 21.7 Å². The lowest BCUT2D eigenvalue weighted by atomic mass is 9.85. The van der Waals surface area contributed by atoms with E-state index in [0.717, 1.165) is 10.5 Å². The molecule has 4 rings (SSSR count). The van der Waals surface area contributed by atoms with Crippen LogP contribution in [0.2, 0.25) is 0 Å². The van der Waals surface area contributed by atoms with Crippen molar-refractivity contribution >= 4 is 21.6 Å². The van der Waals surface area contributed by atoms with E-state index in [1.807, 2.05) is 0 Å². The van der Waals surface area contributed by atoms with Gasteiger partial charge in [-0.3, -0.25) is 0 Å². The van der Waals surface area contributed by atoms with Crippen LogP contribution in [0.4, 0.5) is 0 Å². The Labute approximate surface area is 172 Å². The largest absolute Gasteiger partial charge is 0.237 e. The van der Waals surface area contributed by atoms with Crippen molar-refractivity contribution in [2.75, 3.05) is 0 Å². The van der Waals surface area contributed by atoms with Crippen LogP contribution in [0.3, 0.4) is 0 Å². The summed E-state index contributed by atoms with van der Waals surface area (Å²) in [5, 5.41) is 1.21. The van der Waals surface area contributed by atoms with Crippen molar-refractivity contribution in [1.82, 2.24) is 4.98 Å². The summed E-state index contributed by atoms with van der Waals surface area (Å²) in [6.07, 6.45) is 0. The number of pyridine rings is 1. The maximum absolute atomic E-state index is 5.02. The molecule has 0 fully saturated rings. The first-order chi connectivity index (χ1) is 13.2. The molecule has 0 radical (unpaired) electrons. The maximum atomic E-state index is 5.02. The molecule has 0 aliphatic rings. The molecule has 0 bridgehead atoms. The zero-order chi connectivity index (χ0) is 20.1. The van der Waals surface area contributed by atoms with Gasteiger partial charge in [0.1, 0.15) is 4.83 Å². The molecule has 28 heavy (non-hydrogen) atoms. The van der Waals surface area contributed by atoms with Gasteiger partial charge >= 0.3 is 0 Å². The Morgan fingerprint density at radius 1 is 0.714 bits per heavy atom. The third-order valence-corrected chi connectivity index (χ3v) is 6.22. The summed E-state index contributed by atoms with van der Waals surface area (Å²) in [5.74, 6) is 0. The van der Waals surface area contributed by atoms with Gasteiger partial charge < -0.3 is 0 Å². The van der Waals surface area contributed by atoms with Crippen LogP contribution in [0.1, 0.15) is 43.0 Å². The van der Waals surface area contributed by atoms with E-state index >= 15 is 0 Å². The van der Waals surface area contributed by atoms with Gasteiger partial charge in [0, 0.05) is 15.8 Å². The Morgan fingerprint density at radius 3 is 2.04 bits per heavy atom. The van der Waals surface area contributed by atoms with E-state index in [1.165, 1.54) is 43.6 Å². The summed E-state index contributed by atoms with van der Waals surface area (Å²) in [6.45, 7) is 13.3. The van der Waals surface area contributed by atoms with Crippen LogP contribution in [-0.4, -0.2) is 4.98 Å². The Kier molecular flexibility index (Phi) is 4.63. The van der Waals surface area contributed by atoms with E-state index in [9.17, 15) is 0 Å². The highest BCUT2D eigenvalue weighted by Gasteiger charge is 2.16. The summed E-state index contributed by atoms with van der Waals surface area (Å²) in [5.41, 5.74) is 8.91. The molecule has 0 atom stereocenters.